The van der Waals surface area contributed by atoms with Gasteiger partial charge in [-0.15, -0.1) is 0 Å². The van der Waals surface area contributed by atoms with Gasteiger partial charge in [0, 0.05) is 6.54 Å². The number of hydrogen-bond acceptors (Lipinski definition) is 3. The van der Waals surface area contributed by atoms with Crippen LogP contribution < -0.4 is 10.1 Å². The van der Waals surface area contributed by atoms with Crippen molar-refractivity contribution in [1.82, 2.24) is 10.3 Å². The van der Waals surface area contributed by atoms with E-state index in [-0.39, 0.29) is 0 Å². The van der Waals surface area contributed by atoms with Crippen LogP contribution in [0.25, 0.3) is 0 Å². The van der Waals surface area contributed by atoms with Crippen molar-refractivity contribution in [3.63, 3.8) is 0 Å². The van der Waals surface area contributed by atoms with Crippen LogP contribution in [0, 0.1) is 11.8 Å². The number of rotatable bonds is 6. The van der Waals surface area contributed by atoms with Gasteiger partial charge in [-0.2, -0.15) is 0 Å². The van der Waals surface area contributed by atoms with Gasteiger partial charge in [-0.3, -0.25) is 4.98 Å². The monoisotopic (exact) mass is 276 g/mol. The normalized spacial score (nSPS) is 26.4. The van der Waals surface area contributed by atoms with Crippen LogP contribution in [-0.4, -0.2) is 17.6 Å². The van der Waals surface area contributed by atoms with Crippen molar-refractivity contribution in [1.29, 1.82) is 0 Å². The smallest absolute Gasteiger partial charge is 0.138 e. The van der Waals surface area contributed by atoms with Gasteiger partial charge >= 0.3 is 0 Å². The molecule has 0 saturated heterocycles. The number of nitrogens with zero attached hydrogens (tertiary/aromatic N) is 1. The summed E-state index contributed by atoms with van der Waals surface area (Å²) in [6.45, 7) is 8.73. The fourth-order valence-electron chi connectivity index (χ4n) is 2.78. The molecule has 1 aliphatic carbocycles. The summed E-state index contributed by atoms with van der Waals surface area (Å²) in [5.74, 6) is 2.51. The first-order valence-corrected chi connectivity index (χ1v) is 8.01. The quantitative estimate of drug-likeness (QED) is 0.803. The zero-order valence-corrected chi connectivity index (χ0v) is 13.1. The molecule has 1 fully saturated rings. The molecule has 0 amide bonds. The Balaban J connectivity index is 1.81. The number of ether oxygens (including phenoxy) is 1. The molecule has 1 aliphatic rings. The number of hydrogen-bond donors (Lipinski definition) is 1. The fraction of sp³-hybridized carbons (Fsp3) is 0.706. The predicted octanol–water partition coefficient (Wildman–Crippen LogP) is 3.78. The second-order valence-corrected chi connectivity index (χ2v) is 6.17. The molecule has 1 aromatic heterocycles. The van der Waals surface area contributed by atoms with Crippen LogP contribution in [0.1, 0.15) is 52.1 Å². The average molecular weight is 276 g/mol. The van der Waals surface area contributed by atoms with Crippen molar-refractivity contribution in [3.05, 3.63) is 24.0 Å². The van der Waals surface area contributed by atoms with Crippen molar-refractivity contribution in [2.45, 2.75) is 59.1 Å². The Bertz CT molecular complexity index is 390. The lowest BCUT2D eigenvalue weighted by atomic mass is 9.80. The van der Waals surface area contributed by atoms with Crippen LogP contribution in [0.15, 0.2) is 18.3 Å². The lowest BCUT2D eigenvalue weighted by Crippen LogP contribution is -2.28. The molecule has 0 bridgehead atoms. The van der Waals surface area contributed by atoms with Gasteiger partial charge in [-0.25, -0.2) is 0 Å². The Labute approximate surface area is 123 Å². The molecule has 3 atom stereocenters. The summed E-state index contributed by atoms with van der Waals surface area (Å²) < 4.78 is 6.07. The van der Waals surface area contributed by atoms with Crippen molar-refractivity contribution in [2.24, 2.45) is 11.8 Å². The van der Waals surface area contributed by atoms with Gasteiger partial charge in [-0.05, 0) is 56.2 Å². The molecule has 1 saturated carbocycles. The van der Waals surface area contributed by atoms with Crippen LogP contribution in [0.2, 0.25) is 0 Å². The van der Waals surface area contributed by atoms with Crippen LogP contribution in [0.3, 0.4) is 0 Å². The predicted molar refractivity (Wildman–Crippen MR) is 82.8 cm³/mol. The number of nitrogens with one attached hydrogen (secondary N) is 1. The van der Waals surface area contributed by atoms with Gasteiger partial charge < -0.3 is 10.1 Å². The van der Waals surface area contributed by atoms with Crippen LogP contribution in [0.5, 0.6) is 5.75 Å². The van der Waals surface area contributed by atoms with Gasteiger partial charge in [0.1, 0.15) is 5.75 Å². The summed E-state index contributed by atoms with van der Waals surface area (Å²) in [5, 5.41) is 3.36. The van der Waals surface area contributed by atoms with E-state index in [4.69, 9.17) is 4.74 Å². The Morgan fingerprint density at radius 1 is 1.25 bits per heavy atom. The van der Waals surface area contributed by atoms with E-state index in [9.17, 15) is 0 Å². The molecule has 0 aromatic carbocycles. The Hall–Kier alpha value is -1.09. The Morgan fingerprint density at radius 3 is 2.75 bits per heavy atom. The minimum Gasteiger partial charge on any atom is -0.489 e. The SMILES string of the molecule is CCCNCc1ccc(OC2CCC(C)C(C)C2)cn1. The highest BCUT2D eigenvalue weighted by Gasteiger charge is 2.25. The minimum absolute atomic E-state index is 0.368. The van der Waals surface area contributed by atoms with E-state index in [0.29, 0.717) is 6.10 Å². The molecule has 1 N–H and O–H groups in total. The third-order valence-electron chi connectivity index (χ3n) is 4.38. The first kappa shape index (κ1) is 15.3. The lowest BCUT2D eigenvalue weighted by Gasteiger charge is -2.32. The van der Waals surface area contributed by atoms with Crippen molar-refractivity contribution in [2.75, 3.05) is 6.54 Å². The summed E-state index contributed by atoms with van der Waals surface area (Å²) in [6.07, 6.45) is 7.00. The molecule has 3 nitrogen and oxygen atoms in total. The third kappa shape index (κ3) is 4.48. The molecule has 3 unspecified atom stereocenters. The van der Waals surface area contributed by atoms with Gasteiger partial charge in [0.15, 0.2) is 0 Å². The van der Waals surface area contributed by atoms with Gasteiger partial charge in [0.2, 0.25) is 0 Å². The minimum atomic E-state index is 0.368. The summed E-state index contributed by atoms with van der Waals surface area (Å²) >= 11 is 0. The maximum Gasteiger partial charge on any atom is 0.138 e. The standard InChI is InChI=1S/C17H28N2O/c1-4-9-18-11-15-6-8-17(12-19-15)20-16-7-5-13(2)14(3)10-16/h6,8,12-14,16,18H,4-5,7,9-11H2,1-3H3. The maximum absolute atomic E-state index is 6.07. The first-order chi connectivity index (χ1) is 9.69. The number of aromatic nitrogens is 1. The van der Waals surface area contributed by atoms with Crippen molar-refractivity contribution >= 4 is 0 Å². The van der Waals surface area contributed by atoms with E-state index in [1.165, 1.54) is 19.3 Å². The molecule has 0 radical (unpaired) electrons. The highest BCUT2D eigenvalue weighted by atomic mass is 16.5. The van der Waals surface area contributed by atoms with E-state index in [1.807, 2.05) is 6.20 Å². The Kier molecular flexibility index (Phi) is 5.84. The van der Waals surface area contributed by atoms with E-state index in [2.05, 4.69) is 43.2 Å². The molecule has 3 heteroatoms. The summed E-state index contributed by atoms with van der Waals surface area (Å²) in [6, 6.07) is 4.12. The summed E-state index contributed by atoms with van der Waals surface area (Å²) in [4.78, 5) is 4.46. The molecule has 0 spiro atoms. The summed E-state index contributed by atoms with van der Waals surface area (Å²) in [5.41, 5.74) is 1.08. The zero-order chi connectivity index (χ0) is 14.4. The maximum atomic E-state index is 6.07. The fourth-order valence-corrected chi connectivity index (χ4v) is 2.78. The van der Waals surface area contributed by atoms with Crippen molar-refractivity contribution < 1.29 is 4.74 Å². The highest BCUT2D eigenvalue weighted by molar-refractivity contribution is 5.20. The molecule has 112 valence electrons. The van der Waals surface area contributed by atoms with E-state index >= 15 is 0 Å². The largest absolute Gasteiger partial charge is 0.489 e. The topological polar surface area (TPSA) is 34.1 Å². The van der Waals surface area contributed by atoms with E-state index in [1.54, 1.807) is 0 Å². The first-order valence-electron chi connectivity index (χ1n) is 8.01. The molecular formula is C17H28N2O. The second kappa shape index (κ2) is 7.63. The second-order valence-electron chi connectivity index (χ2n) is 6.17. The molecule has 2 rings (SSSR count). The average Bonchev–Trinajstić information content (AvgIpc) is 2.45. The lowest BCUT2D eigenvalue weighted by molar-refractivity contribution is 0.100. The molecule has 20 heavy (non-hydrogen) atoms. The molecule has 1 heterocycles. The van der Waals surface area contributed by atoms with Gasteiger partial charge in [0.25, 0.3) is 0 Å². The van der Waals surface area contributed by atoms with Crippen LogP contribution in [-0.2, 0) is 6.54 Å². The van der Waals surface area contributed by atoms with Crippen LogP contribution >= 0.6 is 0 Å². The van der Waals surface area contributed by atoms with Gasteiger partial charge in [0.05, 0.1) is 18.0 Å². The van der Waals surface area contributed by atoms with E-state index < -0.39 is 0 Å². The molecule has 0 aliphatic heterocycles. The summed E-state index contributed by atoms with van der Waals surface area (Å²) in [7, 11) is 0. The van der Waals surface area contributed by atoms with Gasteiger partial charge in [-0.1, -0.05) is 20.8 Å². The third-order valence-corrected chi connectivity index (χ3v) is 4.38. The molecular weight excluding hydrogens is 248 g/mol. The zero-order valence-electron chi connectivity index (χ0n) is 13.1. The van der Waals surface area contributed by atoms with E-state index in [0.717, 1.165) is 42.8 Å². The highest BCUT2D eigenvalue weighted by Crippen LogP contribution is 2.31. The van der Waals surface area contributed by atoms with Crippen LogP contribution in [0.4, 0.5) is 0 Å². The number of pyridine rings is 1. The molecule has 1 aromatic rings. The Morgan fingerprint density at radius 2 is 2.10 bits per heavy atom. The van der Waals surface area contributed by atoms with Crippen molar-refractivity contribution in [3.8, 4) is 5.75 Å².